The Balaban J connectivity index is 1.62. The zero-order valence-electron chi connectivity index (χ0n) is 18.9. The van der Waals surface area contributed by atoms with Crippen LogP contribution in [-0.2, 0) is 6.42 Å². The van der Waals surface area contributed by atoms with E-state index in [0.717, 1.165) is 12.1 Å². The highest BCUT2D eigenvalue weighted by atomic mass is 16.6. The fraction of sp³-hybridized carbons (Fsp3) is 0.217. The van der Waals surface area contributed by atoms with Crippen LogP contribution in [0.1, 0.15) is 40.3 Å². The monoisotopic (exact) mass is 479 g/mol. The van der Waals surface area contributed by atoms with Gasteiger partial charge in [-0.2, -0.15) is 5.10 Å². The van der Waals surface area contributed by atoms with Crippen molar-refractivity contribution in [2.24, 2.45) is 5.10 Å². The molecular formula is C23H21N5O7. The summed E-state index contributed by atoms with van der Waals surface area (Å²) in [5, 5.41) is 29.5. The van der Waals surface area contributed by atoms with Crippen molar-refractivity contribution >= 4 is 34.4 Å². The lowest BCUT2D eigenvalue weighted by Gasteiger charge is -2.13. The van der Waals surface area contributed by atoms with Gasteiger partial charge in [0.2, 0.25) is 0 Å². The molecule has 0 bridgehead atoms. The zero-order chi connectivity index (χ0) is 25.1. The van der Waals surface area contributed by atoms with Gasteiger partial charge in [-0.25, -0.2) is 0 Å². The largest absolute Gasteiger partial charge is 0.497 e. The molecule has 1 amide bonds. The molecular weight excluding hydrogens is 458 g/mol. The Labute approximate surface area is 198 Å². The lowest BCUT2D eigenvalue weighted by atomic mass is 9.93. The third-order valence-corrected chi connectivity index (χ3v) is 5.56. The maximum Gasteiger partial charge on any atom is 0.301 e. The van der Waals surface area contributed by atoms with Crippen LogP contribution < -0.4 is 15.5 Å². The Morgan fingerprint density at radius 3 is 2.63 bits per heavy atom. The third kappa shape index (κ3) is 4.81. The molecule has 1 aliphatic rings. The van der Waals surface area contributed by atoms with Crippen LogP contribution >= 0.6 is 0 Å². The van der Waals surface area contributed by atoms with Crippen molar-refractivity contribution < 1.29 is 23.8 Å². The average molecular weight is 479 g/mol. The standard InChI is InChI=1S/C23H21N5O7/c1-13-21-18(26-25-17-10-9-15(27(30)31)12-19(17)28(32)33)7-4-8-20(21)35-22(13)23(29)24-14-5-3-6-16(11-14)34-2/h3,5-6,9-12,25H,4,7-8H2,1-2H3,(H,24,29)/b26-18+. The van der Waals surface area contributed by atoms with Gasteiger partial charge < -0.3 is 14.5 Å². The summed E-state index contributed by atoms with van der Waals surface area (Å²) in [4.78, 5) is 33.8. The van der Waals surface area contributed by atoms with Crippen molar-refractivity contribution in [1.29, 1.82) is 0 Å². The molecule has 0 spiro atoms. The van der Waals surface area contributed by atoms with E-state index in [9.17, 15) is 25.0 Å². The fourth-order valence-electron chi connectivity index (χ4n) is 3.89. The Morgan fingerprint density at radius 2 is 1.91 bits per heavy atom. The summed E-state index contributed by atoms with van der Waals surface area (Å²) < 4.78 is 11.1. The molecule has 0 saturated carbocycles. The number of methoxy groups -OCH3 is 1. The maximum absolute atomic E-state index is 12.9. The molecule has 0 radical (unpaired) electrons. The van der Waals surface area contributed by atoms with Crippen molar-refractivity contribution in [3.05, 3.63) is 85.3 Å². The molecule has 0 aliphatic heterocycles. The summed E-state index contributed by atoms with van der Waals surface area (Å²) in [5.41, 5.74) is 4.18. The van der Waals surface area contributed by atoms with Crippen molar-refractivity contribution in [2.45, 2.75) is 26.2 Å². The van der Waals surface area contributed by atoms with E-state index >= 15 is 0 Å². The number of carbonyl (C=O) groups is 1. The molecule has 0 fully saturated rings. The average Bonchev–Trinajstić information content (AvgIpc) is 3.19. The molecule has 12 nitrogen and oxygen atoms in total. The molecule has 0 saturated heterocycles. The molecule has 0 atom stereocenters. The number of furan rings is 1. The summed E-state index contributed by atoms with van der Waals surface area (Å²) in [5.74, 6) is 0.916. The lowest BCUT2D eigenvalue weighted by Crippen LogP contribution is -2.14. The third-order valence-electron chi connectivity index (χ3n) is 5.56. The number of rotatable bonds is 7. The summed E-state index contributed by atoms with van der Waals surface area (Å²) in [6, 6.07) is 10.2. The van der Waals surface area contributed by atoms with Gasteiger partial charge in [-0.1, -0.05) is 6.07 Å². The van der Waals surface area contributed by atoms with E-state index in [1.165, 1.54) is 13.2 Å². The Bertz CT molecular complexity index is 1360. The second-order valence-electron chi connectivity index (χ2n) is 7.78. The van der Waals surface area contributed by atoms with E-state index in [4.69, 9.17) is 9.15 Å². The summed E-state index contributed by atoms with van der Waals surface area (Å²) in [6.07, 6.45) is 1.87. The molecule has 35 heavy (non-hydrogen) atoms. The van der Waals surface area contributed by atoms with Gasteiger partial charge in [-0.15, -0.1) is 0 Å². The summed E-state index contributed by atoms with van der Waals surface area (Å²) >= 11 is 0. The number of carbonyl (C=O) groups excluding carboxylic acids is 1. The molecule has 12 heteroatoms. The highest BCUT2D eigenvalue weighted by Crippen LogP contribution is 2.32. The maximum atomic E-state index is 12.9. The zero-order valence-corrected chi connectivity index (χ0v) is 18.9. The lowest BCUT2D eigenvalue weighted by molar-refractivity contribution is -0.393. The van der Waals surface area contributed by atoms with Crippen LogP contribution in [0.5, 0.6) is 5.75 Å². The normalized spacial score (nSPS) is 13.7. The number of hydrogen-bond acceptors (Lipinski definition) is 9. The van der Waals surface area contributed by atoms with Crippen LogP contribution in [0.4, 0.5) is 22.7 Å². The molecule has 1 aromatic heterocycles. The van der Waals surface area contributed by atoms with E-state index < -0.39 is 27.1 Å². The number of non-ortho nitro benzene ring substituents is 1. The number of aryl methyl sites for hydroxylation is 1. The van der Waals surface area contributed by atoms with Crippen molar-refractivity contribution in [2.75, 3.05) is 17.9 Å². The summed E-state index contributed by atoms with van der Waals surface area (Å²) in [6.45, 7) is 1.75. The number of hydrazone groups is 1. The number of nitrogens with one attached hydrogen (secondary N) is 2. The minimum Gasteiger partial charge on any atom is -0.497 e. The van der Waals surface area contributed by atoms with E-state index in [0.29, 0.717) is 53.3 Å². The fourth-order valence-corrected chi connectivity index (χ4v) is 3.89. The van der Waals surface area contributed by atoms with Crippen molar-refractivity contribution in [1.82, 2.24) is 0 Å². The van der Waals surface area contributed by atoms with Gasteiger partial charge in [0, 0.05) is 35.4 Å². The van der Waals surface area contributed by atoms with Crippen LogP contribution in [0.25, 0.3) is 0 Å². The second kappa shape index (κ2) is 9.63. The van der Waals surface area contributed by atoms with Crippen LogP contribution in [0, 0.1) is 27.2 Å². The highest BCUT2D eigenvalue weighted by molar-refractivity contribution is 6.09. The van der Waals surface area contributed by atoms with Crippen LogP contribution in [0.15, 0.2) is 52.0 Å². The van der Waals surface area contributed by atoms with E-state index in [-0.39, 0.29) is 11.4 Å². The van der Waals surface area contributed by atoms with Crippen molar-refractivity contribution in [3.63, 3.8) is 0 Å². The van der Waals surface area contributed by atoms with Crippen LogP contribution in [-0.4, -0.2) is 28.6 Å². The predicted octanol–water partition coefficient (Wildman–Crippen LogP) is 4.82. The number of nitro benzene ring substituents is 2. The Kier molecular flexibility index (Phi) is 6.44. The molecule has 3 aromatic rings. The van der Waals surface area contributed by atoms with Gasteiger partial charge in [0.25, 0.3) is 11.6 Å². The topological polar surface area (TPSA) is 162 Å². The second-order valence-corrected chi connectivity index (χ2v) is 7.78. The van der Waals surface area contributed by atoms with Gasteiger partial charge in [0.15, 0.2) is 5.76 Å². The molecule has 2 aromatic carbocycles. The number of ether oxygens (including phenoxy) is 1. The molecule has 0 unspecified atom stereocenters. The first-order valence-corrected chi connectivity index (χ1v) is 10.6. The number of fused-ring (bicyclic) bond motifs is 1. The van der Waals surface area contributed by atoms with E-state index in [1.54, 1.807) is 31.2 Å². The quantitative estimate of drug-likeness (QED) is 0.360. The van der Waals surface area contributed by atoms with Gasteiger partial charge in [0.05, 0.1) is 28.7 Å². The minimum absolute atomic E-state index is 0.0114. The number of hydrogen-bond donors (Lipinski definition) is 2. The van der Waals surface area contributed by atoms with Gasteiger partial charge >= 0.3 is 5.69 Å². The first-order valence-electron chi connectivity index (χ1n) is 10.6. The Hall–Kier alpha value is -4.74. The van der Waals surface area contributed by atoms with Gasteiger partial charge in [-0.3, -0.25) is 30.4 Å². The van der Waals surface area contributed by atoms with Gasteiger partial charge in [0.1, 0.15) is 17.2 Å². The smallest absolute Gasteiger partial charge is 0.301 e. The predicted molar refractivity (Wildman–Crippen MR) is 127 cm³/mol. The van der Waals surface area contributed by atoms with E-state index in [1.807, 2.05) is 0 Å². The van der Waals surface area contributed by atoms with Crippen LogP contribution in [0.3, 0.4) is 0 Å². The number of nitrogens with zero attached hydrogens (tertiary/aromatic N) is 3. The molecule has 1 aliphatic carbocycles. The number of benzene rings is 2. The minimum atomic E-state index is -0.716. The SMILES string of the molecule is COc1cccc(NC(=O)c2oc3c(c2C)/C(=N/Nc2ccc([N+](=O)[O-])cc2[N+](=O)[O-])CCC3)c1. The molecule has 2 N–H and O–H groups in total. The number of amides is 1. The first-order chi connectivity index (χ1) is 16.8. The van der Waals surface area contributed by atoms with Crippen LogP contribution in [0.2, 0.25) is 0 Å². The highest BCUT2D eigenvalue weighted by Gasteiger charge is 2.28. The molecule has 1 heterocycles. The first kappa shape index (κ1) is 23.4. The van der Waals surface area contributed by atoms with E-state index in [2.05, 4.69) is 15.8 Å². The summed E-state index contributed by atoms with van der Waals surface area (Å²) in [7, 11) is 1.53. The van der Waals surface area contributed by atoms with Crippen molar-refractivity contribution in [3.8, 4) is 5.75 Å². The number of nitro groups is 2. The molecule has 180 valence electrons. The Morgan fingerprint density at radius 1 is 1.11 bits per heavy atom. The van der Waals surface area contributed by atoms with Gasteiger partial charge in [-0.05, 0) is 38.0 Å². The molecule has 4 rings (SSSR count). The number of anilines is 2.